The molecule has 0 aliphatic rings. The third kappa shape index (κ3) is 6.72. The molecule has 0 bridgehead atoms. The first-order valence-electron chi connectivity index (χ1n) is 7.55. The lowest BCUT2D eigenvalue weighted by Gasteiger charge is -2.38. The van der Waals surface area contributed by atoms with Crippen molar-refractivity contribution in [2.45, 2.75) is 65.5 Å². The van der Waals surface area contributed by atoms with E-state index in [9.17, 15) is 0 Å². The zero-order chi connectivity index (χ0) is 14.0. The maximum Gasteiger partial charge on any atom is 0.0618 e. The summed E-state index contributed by atoms with van der Waals surface area (Å²) >= 11 is 0. The third-order valence-corrected chi connectivity index (χ3v) is 3.56. The molecule has 0 rings (SSSR count). The number of nitrogens with two attached hydrogens (primary N) is 1. The molecule has 0 saturated carbocycles. The molecular formula is C15H34N2O. The molecule has 0 spiro atoms. The maximum atomic E-state index is 5.66. The second-order valence-corrected chi connectivity index (χ2v) is 5.60. The van der Waals surface area contributed by atoms with Crippen LogP contribution >= 0.6 is 0 Å². The molecule has 3 nitrogen and oxygen atoms in total. The minimum absolute atomic E-state index is 0.519. The Labute approximate surface area is 114 Å². The number of nitrogens with zero attached hydrogens (tertiary/aromatic N) is 1. The molecule has 0 heterocycles. The molecule has 0 fully saturated rings. The van der Waals surface area contributed by atoms with E-state index < -0.39 is 0 Å². The van der Waals surface area contributed by atoms with Crippen LogP contribution in [0.25, 0.3) is 0 Å². The lowest BCUT2D eigenvalue weighted by atomic mass is 10.0. The van der Waals surface area contributed by atoms with Crippen molar-refractivity contribution in [1.29, 1.82) is 0 Å². The maximum absolute atomic E-state index is 5.66. The Morgan fingerprint density at radius 2 is 1.72 bits per heavy atom. The average Bonchev–Trinajstić information content (AvgIpc) is 2.34. The number of ether oxygens (including phenoxy) is 1. The van der Waals surface area contributed by atoms with E-state index in [1.807, 2.05) is 0 Å². The van der Waals surface area contributed by atoms with Crippen LogP contribution in [0.4, 0.5) is 0 Å². The Morgan fingerprint density at radius 3 is 2.11 bits per heavy atom. The summed E-state index contributed by atoms with van der Waals surface area (Å²) in [6.07, 6.45) is 4.66. The number of hydrogen-bond acceptors (Lipinski definition) is 3. The highest BCUT2D eigenvalue weighted by atomic mass is 16.5. The quantitative estimate of drug-likeness (QED) is 0.619. The minimum Gasteiger partial charge on any atom is -0.383 e. The van der Waals surface area contributed by atoms with Gasteiger partial charge in [0.25, 0.3) is 0 Å². The molecular weight excluding hydrogens is 224 g/mol. The Morgan fingerprint density at radius 1 is 1.11 bits per heavy atom. The first kappa shape index (κ1) is 17.9. The van der Waals surface area contributed by atoms with Crippen molar-refractivity contribution in [3.8, 4) is 0 Å². The standard InChI is InChI=1S/C15H34N2O/c1-6-14(7-2)17(11-13(3)4)15(12-18-5)9-8-10-16/h13-15H,6-12,16H2,1-5H3. The molecule has 0 aromatic heterocycles. The van der Waals surface area contributed by atoms with Crippen molar-refractivity contribution in [2.24, 2.45) is 11.7 Å². The van der Waals surface area contributed by atoms with E-state index in [0.717, 1.165) is 32.5 Å². The van der Waals surface area contributed by atoms with Crippen LogP contribution < -0.4 is 5.73 Å². The normalized spacial score (nSPS) is 13.8. The Bertz CT molecular complexity index is 181. The van der Waals surface area contributed by atoms with E-state index in [4.69, 9.17) is 10.5 Å². The van der Waals surface area contributed by atoms with Crippen molar-refractivity contribution < 1.29 is 4.74 Å². The SMILES string of the molecule is CCC(CC)N(CC(C)C)C(CCCN)COC. The van der Waals surface area contributed by atoms with Gasteiger partial charge in [-0.1, -0.05) is 27.7 Å². The van der Waals surface area contributed by atoms with Gasteiger partial charge in [0.2, 0.25) is 0 Å². The van der Waals surface area contributed by atoms with Gasteiger partial charge in [0.05, 0.1) is 6.61 Å². The molecule has 1 unspecified atom stereocenters. The number of rotatable bonds is 11. The lowest BCUT2D eigenvalue weighted by molar-refractivity contribution is 0.0432. The summed E-state index contributed by atoms with van der Waals surface area (Å²) in [5.41, 5.74) is 5.66. The molecule has 1 atom stereocenters. The molecule has 0 radical (unpaired) electrons. The summed E-state index contributed by atoms with van der Waals surface area (Å²) in [5.74, 6) is 0.697. The van der Waals surface area contributed by atoms with Crippen LogP contribution in [0.2, 0.25) is 0 Å². The minimum atomic E-state index is 0.519. The third-order valence-electron chi connectivity index (χ3n) is 3.56. The smallest absolute Gasteiger partial charge is 0.0618 e. The van der Waals surface area contributed by atoms with Crippen LogP contribution in [-0.2, 0) is 4.74 Å². The van der Waals surface area contributed by atoms with Crippen LogP contribution in [0.1, 0.15) is 53.4 Å². The predicted octanol–water partition coefficient (Wildman–Crippen LogP) is 2.89. The van der Waals surface area contributed by atoms with Crippen LogP contribution in [-0.4, -0.2) is 43.8 Å². The van der Waals surface area contributed by atoms with E-state index in [-0.39, 0.29) is 0 Å². The van der Waals surface area contributed by atoms with Crippen molar-refractivity contribution in [3.05, 3.63) is 0 Å². The fourth-order valence-electron chi connectivity index (χ4n) is 2.67. The number of hydrogen-bond donors (Lipinski definition) is 1. The van der Waals surface area contributed by atoms with E-state index in [1.54, 1.807) is 7.11 Å². The van der Waals surface area contributed by atoms with Gasteiger partial charge in [-0.05, 0) is 38.1 Å². The molecule has 0 saturated heterocycles. The summed E-state index contributed by atoms with van der Waals surface area (Å²) in [5, 5.41) is 0. The molecule has 110 valence electrons. The van der Waals surface area contributed by atoms with Gasteiger partial charge >= 0.3 is 0 Å². The van der Waals surface area contributed by atoms with Gasteiger partial charge < -0.3 is 10.5 Å². The second-order valence-electron chi connectivity index (χ2n) is 5.60. The van der Waals surface area contributed by atoms with Crippen LogP contribution in [0.15, 0.2) is 0 Å². The molecule has 0 aromatic carbocycles. The van der Waals surface area contributed by atoms with Crippen LogP contribution in [0.3, 0.4) is 0 Å². The van der Waals surface area contributed by atoms with Crippen molar-refractivity contribution in [1.82, 2.24) is 4.90 Å². The summed E-state index contributed by atoms with van der Waals surface area (Å²) in [4.78, 5) is 2.66. The van der Waals surface area contributed by atoms with Gasteiger partial charge in [0.15, 0.2) is 0 Å². The summed E-state index contributed by atoms with van der Waals surface area (Å²) < 4.78 is 5.42. The molecule has 3 heteroatoms. The monoisotopic (exact) mass is 258 g/mol. The van der Waals surface area contributed by atoms with Gasteiger partial charge in [-0.3, -0.25) is 4.90 Å². The Kier molecular flexibility index (Phi) is 10.7. The first-order valence-corrected chi connectivity index (χ1v) is 7.55. The molecule has 0 aromatic rings. The highest BCUT2D eigenvalue weighted by molar-refractivity contribution is 4.79. The summed E-state index contributed by atoms with van der Waals surface area (Å²) in [6.45, 7) is 11.9. The summed E-state index contributed by atoms with van der Waals surface area (Å²) in [7, 11) is 1.80. The van der Waals surface area contributed by atoms with Crippen LogP contribution in [0, 0.1) is 5.92 Å². The zero-order valence-electron chi connectivity index (χ0n) is 13.1. The fourth-order valence-corrected chi connectivity index (χ4v) is 2.67. The van der Waals surface area contributed by atoms with E-state index in [2.05, 4.69) is 32.6 Å². The second kappa shape index (κ2) is 10.8. The molecule has 0 aliphatic heterocycles. The molecule has 2 N–H and O–H groups in total. The van der Waals surface area contributed by atoms with E-state index in [0.29, 0.717) is 18.0 Å². The largest absolute Gasteiger partial charge is 0.383 e. The highest BCUT2D eigenvalue weighted by Gasteiger charge is 2.24. The van der Waals surface area contributed by atoms with Gasteiger partial charge in [0.1, 0.15) is 0 Å². The molecule has 0 aliphatic carbocycles. The van der Waals surface area contributed by atoms with Crippen molar-refractivity contribution in [3.63, 3.8) is 0 Å². The van der Waals surface area contributed by atoms with Gasteiger partial charge in [-0.2, -0.15) is 0 Å². The summed E-state index contributed by atoms with van der Waals surface area (Å²) in [6, 6.07) is 1.19. The average molecular weight is 258 g/mol. The lowest BCUT2D eigenvalue weighted by Crippen LogP contribution is -2.47. The zero-order valence-corrected chi connectivity index (χ0v) is 13.1. The number of methoxy groups -OCH3 is 1. The molecule has 0 amide bonds. The highest BCUT2D eigenvalue weighted by Crippen LogP contribution is 2.18. The van der Waals surface area contributed by atoms with Crippen molar-refractivity contribution >= 4 is 0 Å². The van der Waals surface area contributed by atoms with E-state index in [1.165, 1.54) is 12.8 Å². The topological polar surface area (TPSA) is 38.5 Å². The van der Waals surface area contributed by atoms with Gasteiger partial charge in [0, 0.05) is 25.7 Å². The Hall–Kier alpha value is -0.120. The molecule has 18 heavy (non-hydrogen) atoms. The first-order chi connectivity index (χ1) is 8.60. The fraction of sp³-hybridized carbons (Fsp3) is 1.00. The van der Waals surface area contributed by atoms with E-state index >= 15 is 0 Å². The van der Waals surface area contributed by atoms with Crippen LogP contribution in [0.5, 0.6) is 0 Å². The van der Waals surface area contributed by atoms with Crippen molar-refractivity contribution in [2.75, 3.05) is 26.8 Å². The Balaban J connectivity index is 4.70. The van der Waals surface area contributed by atoms with Gasteiger partial charge in [-0.25, -0.2) is 0 Å². The predicted molar refractivity (Wildman–Crippen MR) is 79.9 cm³/mol. The van der Waals surface area contributed by atoms with Gasteiger partial charge in [-0.15, -0.1) is 0 Å².